The molecule has 5 rings (SSSR count). The normalized spacial score (nSPS) is 17.3. The number of pyridine rings is 1. The minimum Gasteiger partial charge on any atom is -0.481 e. The fourth-order valence-corrected chi connectivity index (χ4v) is 6.28. The molecule has 8 nitrogen and oxygen atoms in total. The lowest BCUT2D eigenvalue weighted by Gasteiger charge is -2.35. The van der Waals surface area contributed by atoms with Gasteiger partial charge in [-0.2, -0.15) is 0 Å². The molecule has 1 aliphatic heterocycles. The van der Waals surface area contributed by atoms with Gasteiger partial charge in [-0.05, 0) is 31.7 Å². The Balaban J connectivity index is 1.46. The van der Waals surface area contributed by atoms with Gasteiger partial charge in [0.2, 0.25) is 5.91 Å². The van der Waals surface area contributed by atoms with E-state index in [1.165, 1.54) is 19.3 Å². The summed E-state index contributed by atoms with van der Waals surface area (Å²) >= 11 is 0. The van der Waals surface area contributed by atoms with Gasteiger partial charge >= 0.3 is 5.97 Å². The molecule has 2 fully saturated rings. The van der Waals surface area contributed by atoms with Gasteiger partial charge in [0, 0.05) is 61.7 Å². The number of carbonyl (C=O) groups is 3. The fraction of sp³-hybridized carbons (Fsp3) is 0.455. The maximum absolute atomic E-state index is 14.2. The van der Waals surface area contributed by atoms with Gasteiger partial charge in [0.15, 0.2) is 0 Å². The van der Waals surface area contributed by atoms with Gasteiger partial charge in [0.1, 0.15) is 0 Å². The first-order valence-corrected chi connectivity index (χ1v) is 14.9. The second-order valence-corrected chi connectivity index (χ2v) is 11.4. The zero-order valence-corrected chi connectivity index (χ0v) is 23.8. The predicted octanol–water partition coefficient (Wildman–Crippen LogP) is 5.11. The van der Waals surface area contributed by atoms with Crippen molar-refractivity contribution in [1.29, 1.82) is 0 Å². The van der Waals surface area contributed by atoms with Crippen molar-refractivity contribution in [2.24, 2.45) is 5.92 Å². The first-order valence-electron chi connectivity index (χ1n) is 14.9. The summed E-state index contributed by atoms with van der Waals surface area (Å²) in [5.74, 6) is -0.653. The van der Waals surface area contributed by atoms with Crippen LogP contribution in [0.15, 0.2) is 54.6 Å². The van der Waals surface area contributed by atoms with E-state index in [4.69, 9.17) is 10.1 Å². The number of aliphatic carboxylic acids is 1. The molecule has 2 aromatic carbocycles. The molecule has 1 atom stereocenters. The highest BCUT2D eigenvalue weighted by molar-refractivity contribution is 6.09. The summed E-state index contributed by atoms with van der Waals surface area (Å²) in [6.07, 6.45) is 5.88. The lowest BCUT2D eigenvalue weighted by atomic mass is 9.84. The third kappa shape index (κ3) is 6.93. The van der Waals surface area contributed by atoms with E-state index in [1.54, 1.807) is 4.90 Å². The molecule has 2 amide bonds. The van der Waals surface area contributed by atoms with E-state index in [1.807, 2.05) is 54.6 Å². The first-order chi connectivity index (χ1) is 19.9. The molecule has 2 heterocycles. The molecule has 216 valence electrons. The average Bonchev–Trinajstić information content (AvgIpc) is 3.00. The predicted molar refractivity (Wildman–Crippen MR) is 159 cm³/mol. The molecule has 3 aromatic rings. The molecule has 1 aromatic heterocycles. The van der Waals surface area contributed by atoms with Crippen LogP contribution < -0.4 is 5.32 Å². The van der Waals surface area contributed by atoms with Crippen molar-refractivity contribution in [3.8, 4) is 11.3 Å². The molecule has 0 bridgehead atoms. The first kappa shape index (κ1) is 28.7. The van der Waals surface area contributed by atoms with Crippen LogP contribution in [-0.4, -0.2) is 69.9 Å². The average molecular weight is 557 g/mol. The Morgan fingerprint density at radius 2 is 1.61 bits per heavy atom. The van der Waals surface area contributed by atoms with Crippen LogP contribution in [0.4, 0.5) is 0 Å². The highest BCUT2D eigenvalue weighted by Crippen LogP contribution is 2.33. The van der Waals surface area contributed by atoms with E-state index in [0.717, 1.165) is 40.6 Å². The van der Waals surface area contributed by atoms with Gasteiger partial charge in [-0.15, -0.1) is 0 Å². The quantitative estimate of drug-likeness (QED) is 0.380. The molecule has 2 aliphatic rings. The van der Waals surface area contributed by atoms with Gasteiger partial charge in [-0.1, -0.05) is 67.8 Å². The van der Waals surface area contributed by atoms with Crippen molar-refractivity contribution in [2.75, 3.05) is 26.2 Å². The lowest BCUT2D eigenvalue weighted by Crippen LogP contribution is -2.48. The zero-order chi connectivity index (χ0) is 28.8. The molecule has 8 heteroatoms. The Hall–Kier alpha value is -3.78. The number of aromatic nitrogens is 1. The van der Waals surface area contributed by atoms with E-state index < -0.39 is 5.97 Å². The van der Waals surface area contributed by atoms with Crippen LogP contribution in [0.5, 0.6) is 0 Å². The summed E-state index contributed by atoms with van der Waals surface area (Å²) in [7, 11) is 0. The fourth-order valence-electron chi connectivity index (χ4n) is 6.28. The standard InChI is InChI=1S/C33H40N4O4/c1-23(24-10-4-2-5-11-24)34-33(41)31-26-14-8-9-15-28(26)35-32(25-12-6-3-7-13-25)27(31)22-36-18-20-37(21-19-36)29(38)16-17-30(39)40/h3,6-9,12-15,23-24H,2,4-5,10-11,16-22H2,1H3,(H,34,41)(H,39,40)/t23-/m0/s1. The monoisotopic (exact) mass is 556 g/mol. The van der Waals surface area contributed by atoms with Crippen LogP contribution in [0.25, 0.3) is 22.2 Å². The molecule has 1 saturated heterocycles. The summed E-state index contributed by atoms with van der Waals surface area (Å²) in [5, 5.41) is 13.2. The number of benzene rings is 2. The molecular formula is C33H40N4O4. The van der Waals surface area contributed by atoms with Crippen LogP contribution in [0, 0.1) is 5.92 Å². The molecule has 0 spiro atoms. The van der Waals surface area contributed by atoms with E-state index in [-0.39, 0.29) is 30.7 Å². The Morgan fingerprint density at radius 1 is 0.927 bits per heavy atom. The molecule has 2 N–H and O–H groups in total. The van der Waals surface area contributed by atoms with E-state index in [9.17, 15) is 14.4 Å². The van der Waals surface area contributed by atoms with Gasteiger partial charge in [-0.3, -0.25) is 19.3 Å². The molecule has 0 unspecified atom stereocenters. The number of fused-ring (bicyclic) bond motifs is 1. The van der Waals surface area contributed by atoms with Crippen LogP contribution in [0.1, 0.15) is 67.8 Å². The maximum atomic E-state index is 14.2. The second-order valence-electron chi connectivity index (χ2n) is 11.4. The summed E-state index contributed by atoms with van der Waals surface area (Å²) in [5.41, 5.74) is 4.13. The second kappa shape index (κ2) is 13.3. The van der Waals surface area contributed by atoms with Gasteiger partial charge in [0.25, 0.3) is 5.91 Å². The van der Waals surface area contributed by atoms with Crippen LogP contribution in [0.3, 0.4) is 0 Å². The number of hydrogen-bond donors (Lipinski definition) is 2. The number of para-hydroxylation sites is 1. The van der Waals surface area contributed by atoms with E-state index in [2.05, 4.69) is 17.1 Å². The van der Waals surface area contributed by atoms with Crippen LogP contribution in [0.2, 0.25) is 0 Å². The van der Waals surface area contributed by atoms with Crippen LogP contribution >= 0.6 is 0 Å². The third-order valence-corrected chi connectivity index (χ3v) is 8.64. The Labute approximate surface area is 241 Å². The van der Waals surface area contributed by atoms with Crippen molar-refractivity contribution in [1.82, 2.24) is 20.1 Å². The summed E-state index contributed by atoms with van der Waals surface area (Å²) in [4.78, 5) is 46.7. The summed E-state index contributed by atoms with van der Waals surface area (Å²) in [6, 6.07) is 18.0. The smallest absolute Gasteiger partial charge is 0.303 e. The third-order valence-electron chi connectivity index (χ3n) is 8.64. The van der Waals surface area contributed by atoms with Crippen LogP contribution in [-0.2, 0) is 16.1 Å². The van der Waals surface area contributed by atoms with Crippen molar-refractivity contribution < 1.29 is 19.5 Å². The maximum Gasteiger partial charge on any atom is 0.303 e. The molecule has 1 saturated carbocycles. The SMILES string of the molecule is C[C@H](NC(=O)c1c(CN2CCN(C(=O)CCC(=O)O)CC2)c(-c2ccccc2)nc2ccccc12)C1CCCCC1. The number of amides is 2. The van der Waals surface area contributed by atoms with Gasteiger partial charge in [-0.25, -0.2) is 4.98 Å². The van der Waals surface area contributed by atoms with Gasteiger partial charge < -0.3 is 15.3 Å². The van der Waals surface area contributed by atoms with Crippen molar-refractivity contribution in [3.63, 3.8) is 0 Å². The number of carboxylic acids is 1. The van der Waals surface area contributed by atoms with E-state index in [0.29, 0.717) is 44.2 Å². The highest BCUT2D eigenvalue weighted by atomic mass is 16.4. The Morgan fingerprint density at radius 3 is 2.32 bits per heavy atom. The molecule has 0 radical (unpaired) electrons. The van der Waals surface area contributed by atoms with E-state index >= 15 is 0 Å². The number of nitrogens with one attached hydrogen (secondary N) is 1. The number of rotatable bonds is 9. The number of carboxylic acid groups (broad SMARTS) is 1. The highest BCUT2D eigenvalue weighted by Gasteiger charge is 2.28. The Bertz CT molecular complexity index is 1380. The molecule has 41 heavy (non-hydrogen) atoms. The molecule has 1 aliphatic carbocycles. The lowest BCUT2D eigenvalue weighted by molar-refractivity contribution is -0.141. The van der Waals surface area contributed by atoms with Gasteiger partial charge in [0.05, 0.1) is 23.2 Å². The minimum absolute atomic E-state index is 0.0194. The Kier molecular flexibility index (Phi) is 9.29. The summed E-state index contributed by atoms with van der Waals surface area (Å²) in [6.45, 7) is 5.00. The summed E-state index contributed by atoms with van der Waals surface area (Å²) < 4.78 is 0. The molecular weight excluding hydrogens is 516 g/mol. The minimum atomic E-state index is -0.960. The number of carbonyl (C=O) groups excluding carboxylic acids is 2. The zero-order valence-electron chi connectivity index (χ0n) is 23.8. The van der Waals surface area contributed by atoms with Crippen molar-refractivity contribution >= 4 is 28.7 Å². The number of piperazine rings is 1. The van der Waals surface area contributed by atoms with Crippen molar-refractivity contribution in [2.45, 2.75) is 64.5 Å². The largest absolute Gasteiger partial charge is 0.481 e. The number of nitrogens with zero attached hydrogens (tertiary/aromatic N) is 3. The topological polar surface area (TPSA) is 103 Å². The number of hydrogen-bond acceptors (Lipinski definition) is 5. The van der Waals surface area contributed by atoms with Crippen molar-refractivity contribution in [3.05, 3.63) is 65.7 Å².